The van der Waals surface area contributed by atoms with E-state index in [1.54, 1.807) is 0 Å². The quantitative estimate of drug-likeness (QED) is 0.587. The number of carbonyl (C=O) groups is 1. The summed E-state index contributed by atoms with van der Waals surface area (Å²) < 4.78 is 2.08. The fourth-order valence-corrected chi connectivity index (χ4v) is 3.74. The third kappa shape index (κ3) is 4.61. The number of nitrogens with zero attached hydrogens (tertiary/aromatic N) is 3. The van der Waals surface area contributed by atoms with Crippen molar-refractivity contribution in [1.29, 1.82) is 0 Å². The summed E-state index contributed by atoms with van der Waals surface area (Å²) in [4.78, 5) is 14.5. The Hall–Kier alpha value is -2.62. The summed E-state index contributed by atoms with van der Waals surface area (Å²) in [7, 11) is 1.89. The highest BCUT2D eigenvalue weighted by Gasteiger charge is 2.16. The van der Waals surface area contributed by atoms with Crippen LogP contribution in [0.4, 0.5) is 0 Å². The number of aryl methyl sites for hydroxylation is 1. The van der Waals surface area contributed by atoms with Crippen LogP contribution in [-0.4, -0.2) is 27.6 Å². The van der Waals surface area contributed by atoms with Crippen LogP contribution in [0, 0.1) is 19.8 Å². The van der Waals surface area contributed by atoms with Gasteiger partial charge in [0.2, 0.25) is 5.91 Å². The Morgan fingerprint density at radius 2 is 1.82 bits per heavy atom. The van der Waals surface area contributed by atoms with Crippen LogP contribution in [0.2, 0.25) is 0 Å². The van der Waals surface area contributed by atoms with Gasteiger partial charge < -0.3 is 4.90 Å². The molecule has 1 aromatic heterocycles. The molecule has 0 bridgehead atoms. The first-order valence-corrected chi connectivity index (χ1v) is 10.1. The normalized spacial score (nSPS) is 11.4. The van der Waals surface area contributed by atoms with Gasteiger partial charge in [-0.2, -0.15) is 5.10 Å². The first kappa shape index (κ1) is 20.1. The van der Waals surface area contributed by atoms with E-state index in [0.29, 0.717) is 18.9 Å². The van der Waals surface area contributed by atoms with Gasteiger partial charge in [-0.25, -0.2) is 0 Å². The predicted molar refractivity (Wildman–Crippen MR) is 115 cm³/mol. The lowest BCUT2D eigenvalue weighted by molar-refractivity contribution is -0.130. The third-order valence-electron chi connectivity index (χ3n) is 5.32. The molecule has 0 saturated heterocycles. The predicted octanol–water partition coefficient (Wildman–Crippen LogP) is 4.90. The molecule has 0 aliphatic carbocycles. The van der Waals surface area contributed by atoms with Crippen molar-refractivity contribution in [2.24, 2.45) is 5.92 Å². The number of hydrogen-bond donors (Lipinski definition) is 0. The van der Waals surface area contributed by atoms with Gasteiger partial charge in [0.15, 0.2) is 0 Å². The second kappa shape index (κ2) is 8.59. The number of aromatic nitrogens is 2. The first-order valence-electron chi connectivity index (χ1n) is 10.1. The Labute approximate surface area is 168 Å². The summed E-state index contributed by atoms with van der Waals surface area (Å²) in [5, 5.41) is 7.10. The molecule has 3 rings (SSSR count). The summed E-state index contributed by atoms with van der Waals surface area (Å²) in [6.45, 7) is 10.1. The summed E-state index contributed by atoms with van der Waals surface area (Å²) >= 11 is 0. The number of carbonyl (C=O) groups excluding carboxylic acids is 1. The topological polar surface area (TPSA) is 38.1 Å². The molecule has 1 heterocycles. The molecule has 0 atom stereocenters. The van der Waals surface area contributed by atoms with Crippen LogP contribution < -0.4 is 0 Å². The van der Waals surface area contributed by atoms with Crippen molar-refractivity contribution in [2.75, 3.05) is 7.05 Å². The second-order valence-corrected chi connectivity index (χ2v) is 8.16. The highest BCUT2D eigenvalue weighted by molar-refractivity contribution is 5.83. The van der Waals surface area contributed by atoms with E-state index >= 15 is 0 Å². The fraction of sp³-hybridized carbons (Fsp3) is 0.417. The third-order valence-corrected chi connectivity index (χ3v) is 5.32. The van der Waals surface area contributed by atoms with Crippen LogP contribution in [0.25, 0.3) is 10.8 Å². The largest absolute Gasteiger partial charge is 0.341 e. The van der Waals surface area contributed by atoms with Crippen LogP contribution in [0.1, 0.15) is 42.8 Å². The highest BCUT2D eigenvalue weighted by atomic mass is 16.2. The first-order chi connectivity index (χ1) is 13.3. The highest BCUT2D eigenvalue weighted by Crippen LogP contribution is 2.19. The molecule has 3 aromatic rings. The lowest BCUT2D eigenvalue weighted by Gasteiger charge is -2.18. The minimum Gasteiger partial charge on any atom is -0.341 e. The van der Waals surface area contributed by atoms with E-state index in [9.17, 15) is 4.79 Å². The van der Waals surface area contributed by atoms with Crippen molar-refractivity contribution in [2.45, 2.75) is 53.6 Å². The van der Waals surface area contributed by atoms with E-state index < -0.39 is 0 Å². The Balaban J connectivity index is 1.62. The molecule has 148 valence electrons. The van der Waals surface area contributed by atoms with Gasteiger partial charge in [0.25, 0.3) is 0 Å². The number of benzene rings is 2. The maximum Gasteiger partial charge on any atom is 0.222 e. The summed E-state index contributed by atoms with van der Waals surface area (Å²) in [6.07, 6.45) is 1.26. The smallest absolute Gasteiger partial charge is 0.222 e. The van der Waals surface area contributed by atoms with E-state index in [4.69, 9.17) is 0 Å². The van der Waals surface area contributed by atoms with Crippen LogP contribution in [-0.2, 0) is 24.3 Å². The maximum absolute atomic E-state index is 12.7. The molecule has 0 aliphatic rings. The minimum atomic E-state index is 0.170. The van der Waals surface area contributed by atoms with Gasteiger partial charge in [0, 0.05) is 32.3 Å². The van der Waals surface area contributed by atoms with Crippen LogP contribution >= 0.6 is 0 Å². The maximum atomic E-state index is 12.7. The van der Waals surface area contributed by atoms with Crippen molar-refractivity contribution >= 4 is 16.7 Å². The zero-order valence-electron chi connectivity index (χ0n) is 17.7. The SMILES string of the molecule is Cc1nn(CC(C)C)c(C)c1CCC(=O)N(C)Cc1ccc2ccccc2c1. The van der Waals surface area contributed by atoms with E-state index in [2.05, 4.69) is 60.9 Å². The summed E-state index contributed by atoms with van der Waals surface area (Å²) in [5.74, 6) is 0.726. The Kier molecular flexibility index (Phi) is 6.18. The molecule has 0 unspecified atom stereocenters. The second-order valence-electron chi connectivity index (χ2n) is 8.16. The lowest BCUT2D eigenvalue weighted by atomic mass is 10.1. The molecular weight excluding hydrogens is 346 g/mol. The Morgan fingerprint density at radius 1 is 1.11 bits per heavy atom. The van der Waals surface area contributed by atoms with E-state index in [1.807, 2.05) is 31.0 Å². The Bertz CT molecular complexity index is 971. The van der Waals surface area contributed by atoms with E-state index in [0.717, 1.165) is 24.2 Å². The molecule has 0 radical (unpaired) electrons. The fourth-order valence-electron chi connectivity index (χ4n) is 3.74. The van der Waals surface area contributed by atoms with Crippen LogP contribution in [0.15, 0.2) is 42.5 Å². The van der Waals surface area contributed by atoms with Crippen LogP contribution in [0.3, 0.4) is 0 Å². The zero-order chi connectivity index (χ0) is 20.3. The van der Waals surface area contributed by atoms with Crippen LogP contribution in [0.5, 0.6) is 0 Å². The van der Waals surface area contributed by atoms with Gasteiger partial charge in [-0.1, -0.05) is 50.2 Å². The van der Waals surface area contributed by atoms with Gasteiger partial charge in [0.05, 0.1) is 5.69 Å². The summed E-state index contributed by atoms with van der Waals surface area (Å²) in [6, 6.07) is 14.7. The van der Waals surface area contributed by atoms with Crippen molar-refractivity contribution in [3.63, 3.8) is 0 Å². The summed E-state index contributed by atoms with van der Waals surface area (Å²) in [5.41, 5.74) is 4.61. The molecule has 2 aromatic carbocycles. The Morgan fingerprint density at radius 3 is 2.54 bits per heavy atom. The van der Waals surface area contributed by atoms with Gasteiger partial charge in [-0.3, -0.25) is 9.48 Å². The average molecular weight is 378 g/mol. The minimum absolute atomic E-state index is 0.170. The molecule has 0 saturated carbocycles. The zero-order valence-corrected chi connectivity index (χ0v) is 17.7. The lowest BCUT2D eigenvalue weighted by Crippen LogP contribution is -2.26. The molecule has 0 spiro atoms. The number of rotatable bonds is 7. The number of amides is 1. The molecule has 1 amide bonds. The monoisotopic (exact) mass is 377 g/mol. The van der Waals surface area contributed by atoms with Crippen molar-refractivity contribution in [3.8, 4) is 0 Å². The van der Waals surface area contributed by atoms with Gasteiger partial charge in [-0.15, -0.1) is 0 Å². The molecule has 4 heteroatoms. The molecule has 0 N–H and O–H groups in total. The van der Waals surface area contributed by atoms with E-state index in [1.165, 1.54) is 22.0 Å². The molecule has 0 fully saturated rings. The van der Waals surface area contributed by atoms with Gasteiger partial charge in [-0.05, 0) is 54.2 Å². The molecule has 28 heavy (non-hydrogen) atoms. The van der Waals surface area contributed by atoms with Gasteiger partial charge >= 0.3 is 0 Å². The molecule has 0 aliphatic heterocycles. The molecular formula is C24H31N3O. The van der Waals surface area contributed by atoms with Crippen molar-refractivity contribution < 1.29 is 4.79 Å². The average Bonchev–Trinajstić information content (AvgIpc) is 2.92. The van der Waals surface area contributed by atoms with Crippen molar-refractivity contribution in [3.05, 3.63) is 65.0 Å². The standard InChI is InChI=1S/C24H31N3O/c1-17(2)15-27-19(4)23(18(3)25-27)12-13-24(28)26(5)16-20-10-11-21-8-6-7-9-22(21)14-20/h6-11,14,17H,12-13,15-16H2,1-5H3. The number of fused-ring (bicyclic) bond motifs is 1. The van der Waals surface area contributed by atoms with Gasteiger partial charge in [0.1, 0.15) is 0 Å². The number of hydrogen-bond acceptors (Lipinski definition) is 2. The van der Waals surface area contributed by atoms with E-state index in [-0.39, 0.29) is 5.91 Å². The van der Waals surface area contributed by atoms with Crippen molar-refractivity contribution in [1.82, 2.24) is 14.7 Å². The molecule has 4 nitrogen and oxygen atoms in total.